The highest BCUT2D eigenvalue weighted by Gasteiger charge is 2.12. The summed E-state index contributed by atoms with van der Waals surface area (Å²) in [6, 6.07) is 15.5. The number of rotatable bonds is 6. The number of nitrogens with one attached hydrogen (secondary N) is 1. The van der Waals surface area contributed by atoms with Crippen LogP contribution >= 0.6 is 0 Å². The van der Waals surface area contributed by atoms with Crippen LogP contribution in [0.4, 0.5) is 4.39 Å². The van der Waals surface area contributed by atoms with Crippen molar-refractivity contribution in [3.63, 3.8) is 0 Å². The van der Waals surface area contributed by atoms with E-state index in [9.17, 15) is 4.39 Å². The van der Waals surface area contributed by atoms with Crippen molar-refractivity contribution in [2.75, 3.05) is 13.1 Å². The van der Waals surface area contributed by atoms with Crippen molar-refractivity contribution in [3.05, 3.63) is 71.0 Å². The van der Waals surface area contributed by atoms with E-state index in [-0.39, 0.29) is 5.82 Å². The second-order valence-electron chi connectivity index (χ2n) is 5.25. The SMILES string of the molecule is CCNCC(Cc1ccc(F)cc1)c1cccc(C)c1. The normalized spacial score (nSPS) is 12.3. The number of benzene rings is 2. The molecule has 0 amide bonds. The first kappa shape index (κ1) is 14.7. The Morgan fingerprint density at radius 2 is 1.85 bits per heavy atom. The van der Waals surface area contributed by atoms with Crippen molar-refractivity contribution < 1.29 is 4.39 Å². The third-order valence-corrected chi connectivity index (χ3v) is 3.55. The summed E-state index contributed by atoms with van der Waals surface area (Å²) in [5.74, 6) is 0.243. The fraction of sp³-hybridized carbons (Fsp3) is 0.333. The number of aryl methyl sites for hydroxylation is 1. The Balaban J connectivity index is 2.16. The van der Waals surface area contributed by atoms with Crippen LogP contribution in [0.25, 0.3) is 0 Å². The van der Waals surface area contributed by atoms with E-state index in [2.05, 4.69) is 43.4 Å². The summed E-state index contributed by atoms with van der Waals surface area (Å²) >= 11 is 0. The lowest BCUT2D eigenvalue weighted by Crippen LogP contribution is -2.22. The number of likely N-dealkylation sites (N-methyl/N-ethyl adjacent to an activating group) is 1. The van der Waals surface area contributed by atoms with Gasteiger partial charge in [0.05, 0.1) is 0 Å². The van der Waals surface area contributed by atoms with E-state index >= 15 is 0 Å². The van der Waals surface area contributed by atoms with Crippen molar-refractivity contribution in [2.45, 2.75) is 26.2 Å². The summed E-state index contributed by atoms with van der Waals surface area (Å²) in [5, 5.41) is 3.42. The van der Waals surface area contributed by atoms with Gasteiger partial charge in [0, 0.05) is 12.5 Å². The Morgan fingerprint density at radius 3 is 2.50 bits per heavy atom. The number of halogens is 1. The quantitative estimate of drug-likeness (QED) is 0.835. The predicted molar refractivity (Wildman–Crippen MR) is 82.6 cm³/mol. The van der Waals surface area contributed by atoms with E-state index in [1.165, 1.54) is 28.8 Å². The van der Waals surface area contributed by atoms with Crippen LogP contribution in [0.2, 0.25) is 0 Å². The van der Waals surface area contributed by atoms with Crippen LogP contribution in [0.15, 0.2) is 48.5 Å². The van der Waals surface area contributed by atoms with Gasteiger partial charge in [0.2, 0.25) is 0 Å². The van der Waals surface area contributed by atoms with Gasteiger partial charge in [0.1, 0.15) is 5.82 Å². The van der Waals surface area contributed by atoms with Crippen molar-refractivity contribution in [1.82, 2.24) is 5.32 Å². The third-order valence-electron chi connectivity index (χ3n) is 3.55. The first-order chi connectivity index (χ1) is 9.69. The number of hydrogen-bond donors (Lipinski definition) is 1. The molecule has 2 aromatic rings. The van der Waals surface area contributed by atoms with E-state index in [0.29, 0.717) is 5.92 Å². The van der Waals surface area contributed by atoms with Crippen molar-refractivity contribution in [1.29, 1.82) is 0 Å². The Hall–Kier alpha value is -1.67. The van der Waals surface area contributed by atoms with Gasteiger partial charge in [-0.25, -0.2) is 4.39 Å². The molecule has 0 saturated carbocycles. The van der Waals surface area contributed by atoms with Gasteiger partial charge >= 0.3 is 0 Å². The molecule has 1 nitrogen and oxygen atoms in total. The van der Waals surface area contributed by atoms with Crippen LogP contribution in [0.3, 0.4) is 0 Å². The zero-order valence-electron chi connectivity index (χ0n) is 12.2. The van der Waals surface area contributed by atoms with Crippen LogP contribution in [0.5, 0.6) is 0 Å². The molecule has 1 unspecified atom stereocenters. The fourth-order valence-corrected chi connectivity index (χ4v) is 2.46. The first-order valence-electron chi connectivity index (χ1n) is 7.20. The molecule has 106 valence electrons. The maximum Gasteiger partial charge on any atom is 0.123 e. The number of hydrogen-bond acceptors (Lipinski definition) is 1. The molecular formula is C18H22FN. The molecule has 1 atom stereocenters. The summed E-state index contributed by atoms with van der Waals surface area (Å²) in [5.41, 5.74) is 3.80. The third kappa shape index (κ3) is 4.17. The smallest absolute Gasteiger partial charge is 0.123 e. The van der Waals surface area contributed by atoms with Gasteiger partial charge in [0.15, 0.2) is 0 Å². The minimum atomic E-state index is -0.174. The Bertz CT molecular complexity index is 533. The summed E-state index contributed by atoms with van der Waals surface area (Å²) in [6.45, 7) is 6.14. The minimum absolute atomic E-state index is 0.174. The molecule has 2 heteroatoms. The monoisotopic (exact) mass is 271 g/mol. The predicted octanol–water partition coefficient (Wildman–Crippen LogP) is 4.07. The second-order valence-corrected chi connectivity index (χ2v) is 5.25. The summed E-state index contributed by atoms with van der Waals surface area (Å²) in [7, 11) is 0. The fourth-order valence-electron chi connectivity index (χ4n) is 2.46. The van der Waals surface area contributed by atoms with Crippen LogP contribution in [-0.2, 0) is 6.42 Å². The van der Waals surface area contributed by atoms with Gasteiger partial charge in [-0.05, 0) is 43.1 Å². The van der Waals surface area contributed by atoms with Gasteiger partial charge in [0.25, 0.3) is 0 Å². The second kappa shape index (κ2) is 7.20. The first-order valence-corrected chi connectivity index (χ1v) is 7.20. The van der Waals surface area contributed by atoms with Gasteiger partial charge in [-0.1, -0.05) is 48.9 Å². The molecule has 0 radical (unpaired) electrons. The maximum atomic E-state index is 13.0. The van der Waals surface area contributed by atoms with Crippen LogP contribution < -0.4 is 5.32 Å². The molecular weight excluding hydrogens is 249 g/mol. The summed E-state index contributed by atoms with van der Waals surface area (Å²) in [4.78, 5) is 0. The zero-order chi connectivity index (χ0) is 14.4. The minimum Gasteiger partial charge on any atom is -0.316 e. The Kier molecular flexibility index (Phi) is 5.31. The average Bonchev–Trinajstić information content (AvgIpc) is 2.45. The molecule has 1 N–H and O–H groups in total. The molecule has 0 aliphatic heterocycles. The Labute approximate surface area is 120 Å². The lowest BCUT2D eigenvalue weighted by Gasteiger charge is -2.18. The topological polar surface area (TPSA) is 12.0 Å². The lowest BCUT2D eigenvalue weighted by molar-refractivity contribution is 0.592. The van der Waals surface area contributed by atoms with E-state index < -0.39 is 0 Å². The molecule has 2 rings (SSSR count). The molecule has 0 heterocycles. The van der Waals surface area contributed by atoms with Crippen molar-refractivity contribution in [2.24, 2.45) is 0 Å². The van der Waals surface area contributed by atoms with E-state index in [1.54, 1.807) is 0 Å². The standard InChI is InChI=1S/C18H22FN/c1-3-20-13-17(16-6-4-5-14(2)11-16)12-15-7-9-18(19)10-8-15/h4-11,17,20H,3,12-13H2,1-2H3. The van der Waals surface area contributed by atoms with Crippen LogP contribution in [-0.4, -0.2) is 13.1 Å². The molecule has 0 aliphatic rings. The maximum absolute atomic E-state index is 13.0. The van der Waals surface area contributed by atoms with Crippen molar-refractivity contribution in [3.8, 4) is 0 Å². The molecule has 0 fully saturated rings. The average molecular weight is 271 g/mol. The van der Waals surface area contributed by atoms with Crippen LogP contribution in [0.1, 0.15) is 29.5 Å². The molecule has 0 saturated heterocycles. The largest absolute Gasteiger partial charge is 0.316 e. The van der Waals surface area contributed by atoms with Crippen LogP contribution in [0, 0.1) is 12.7 Å². The van der Waals surface area contributed by atoms with Gasteiger partial charge in [-0.2, -0.15) is 0 Å². The van der Waals surface area contributed by atoms with Gasteiger partial charge < -0.3 is 5.32 Å². The Morgan fingerprint density at radius 1 is 1.10 bits per heavy atom. The van der Waals surface area contributed by atoms with E-state index in [1.807, 2.05) is 12.1 Å². The highest BCUT2D eigenvalue weighted by Crippen LogP contribution is 2.21. The van der Waals surface area contributed by atoms with Gasteiger partial charge in [-0.3, -0.25) is 0 Å². The summed E-state index contributed by atoms with van der Waals surface area (Å²) in [6.07, 6.45) is 0.927. The van der Waals surface area contributed by atoms with Crippen molar-refractivity contribution >= 4 is 0 Å². The molecule has 0 bridgehead atoms. The molecule has 0 spiro atoms. The highest BCUT2D eigenvalue weighted by molar-refractivity contribution is 5.28. The molecule has 2 aromatic carbocycles. The lowest BCUT2D eigenvalue weighted by atomic mass is 9.91. The van der Waals surface area contributed by atoms with E-state index in [0.717, 1.165) is 19.5 Å². The van der Waals surface area contributed by atoms with E-state index in [4.69, 9.17) is 0 Å². The zero-order valence-corrected chi connectivity index (χ0v) is 12.2. The molecule has 0 aromatic heterocycles. The molecule has 0 aliphatic carbocycles. The van der Waals surface area contributed by atoms with Gasteiger partial charge in [-0.15, -0.1) is 0 Å². The summed E-state index contributed by atoms with van der Waals surface area (Å²) < 4.78 is 13.0. The highest BCUT2D eigenvalue weighted by atomic mass is 19.1. The molecule has 20 heavy (non-hydrogen) atoms.